The number of nitrogens with zero attached hydrogens (tertiary/aromatic N) is 4. The second kappa shape index (κ2) is 5.14. The maximum absolute atomic E-state index is 13.1. The second-order valence-electron chi connectivity index (χ2n) is 6.70. The number of aryl methyl sites for hydroxylation is 1. The maximum Gasteiger partial charge on any atom is 0.271 e. The van der Waals surface area contributed by atoms with Crippen LogP contribution >= 0.6 is 11.3 Å². The minimum atomic E-state index is 0.0947. The predicted molar refractivity (Wildman–Crippen MR) is 97.8 cm³/mol. The highest BCUT2D eigenvalue weighted by molar-refractivity contribution is 7.25. The predicted octanol–water partition coefficient (Wildman–Crippen LogP) is 4.00. The van der Waals surface area contributed by atoms with Crippen LogP contribution in [0.25, 0.3) is 31.3 Å². The number of thiophene rings is 1. The standard InChI is InChI=1S/C18H18N4OS/c1-21-8-7-11-9-19-17-13(15(11)21)14-16(24-17)18(23)22(10-20-14)12-5-3-2-4-6-12/h7-10,12H,2-6H2,1H3. The zero-order valence-electron chi connectivity index (χ0n) is 13.5. The van der Waals surface area contributed by atoms with E-state index in [1.54, 1.807) is 6.33 Å². The first-order valence-corrected chi connectivity index (χ1v) is 9.29. The summed E-state index contributed by atoms with van der Waals surface area (Å²) in [6.07, 6.45) is 11.5. The van der Waals surface area contributed by atoms with E-state index in [0.29, 0.717) is 6.04 Å². The van der Waals surface area contributed by atoms with Crippen molar-refractivity contribution in [3.63, 3.8) is 0 Å². The number of aromatic nitrogens is 4. The third-order valence-corrected chi connectivity index (χ3v) is 6.31. The van der Waals surface area contributed by atoms with Gasteiger partial charge in [0, 0.05) is 30.9 Å². The monoisotopic (exact) mass is 338 g/mol. The van der Waals surface area contributed by atoms with Crippen molar-refractivity contribution in [1.82, 2.24) is 19.1 Å². The summed E-state index contributed by atoms with van der Waals surface area (Å²) in [5, 5.41) is 2.09. The quantitative estimate of drug-likeness (QED) is 0.527. The van der Waals surface area contributed by atoms with Gasteiger partial charge in [0.1, 0.15) is 15.0 Å². The molecule has 4 heterocycles. The molecule has 0 amide bonds. The van der Waals surface area contributed by atoms with Crippen LogP contribution in [0.1, 0.15) is 38.1 Å². The Bertz CT molecular complexity index is 1130. The van der Waals surface area contributed by atoms with Crippen LogP contribution in [0, 0.1) is 0 Å². The number of hydrogen-bond donors (Lipinski definition) is 0. The summed E-state index contributed by atoms with van der Waals surface area (Å²) in [5.74, 6) is 0. The van der Waals surface area contributed by atoms with Crippen molar-refractivity contribution in [2.75, 3.05) is 0 Å². The van der Waals surface area contributed by atoms with Crippen LogP contribution in [0.2, 0.25) is 0 Å². The Morgan fingerprint density at radius 3 is 2.88 bits per heavy atom. The molecule has 0 radical (unpaired) electrons. The van der Waals surface area contributed by atoms with E-state index < -0.39 is 0 Å². The Balaban J connectivity index is 1.83. The average molecular weight is 338 g/mol. The van der Waals surface area contributed by atoms with Crippen molar-refractivity contribution in [3.8, 4) is 0 Å². The second-order valence-corrected chi connectivity index (χ2v) is 7.70. The molecule has 0 atom stereocenters. The Kier molecular flexibility index (Phi) is 3.03. The van der Waals surface area contributed by atoms with Gasteiger partial charge in [-0.15, -0.1) is 11.3 Å². The minimum absolute atomic E-state index is 0.0947. The van der Waals surface area contributed by atoms with Crippen LogP contribution in [-0.4, -0.2) is 19.1 Å². The third-order valence-electron chi connectivity index (χ3n) is 5.23. The maximum atomic E-state index is 13.1. The summed E-state index contributed by atoms with van der Waals surface area (Å²) in [6, 6.07) is 2.35. The highest BCUT2D eigenvalue weighted by Crippen LogP contribution is 2.35. The summed E-state index contributed by atoms with van der Waals surface area (Å²) in [5.41, 5.74) is 2.00. The van der Waals surface area contributed by atoms with Crippen LogP contribution in [0.3, 0.4) is 0 Å². The van der Waals surface area contributed by atoms with Crippen LogP contribution in [-0.2, 0) is 7.05 Å². The van der Waals surface area contributed by atoms with Gasteiger partial charge < -0.3 is 4.57 Å². The van der Waals surface area contributed by atoms with Crippen molar-refractivity contribution < 1.29 is 0 Å². The van der Waals surface area contributed by atoms with Gasteiger partial charge in [-0.1, -0.05) is 19.3 Å². The first kappa shape index (κ1) is 14.2. The van der Waals surface area contributed by atoms with Gasteiger partial charge in [0.05, 0.1) is 17.2 Å². The molecular weight excluding hydrogens is 320 g/mol. The fraction of sp³-hybridized carbons (Fsp3) is 0.389. The Morgan fingerprint density at radius 1 is 1.21 bits per heavy atom. The Morgan fingerprint density at radius 2 is 2.04 bits per heavy atom. The van der Waals surface area contributed by atoms with Crippen LogP contribution < -0.4 is 5.56 Å². The normalized spacial score (nSPS) is 16.5. The SMILES string of the molecule is Cn1ccc2cnc3sc4c(=O)n(C5CCCCC5)cnc4c3c21. The van der Waals surface area contributed by atoms with Crippen molar-refractivity contribution >= 4 is 42.7 Å². The number of rotatable bonds is 1. The molecule has 5 rings (SSSR count). The summed E-state index contributed by atoms with van der Waals surface area (Å²) in [4.78, 5) is 23.2. The van der Waals surface area contributed by atoms with Crippen molar-refractivity contribution in [1.29, 1.82) is 0 Å². The molecule has 24 heavy (non-hydrogen) atoms. The first-order valence-electron chi connectivity index (χ1n) is 8.47. The molecular formula is C18H18N4OS. The molecule has 4 aromatic rings. The van der Waals surface area contributed by atoms with E-state index in [0.717, 1.165) is 44.2 Å². The van der Waals surface area contributed by atoms with Gasteiger partial charge in [0.15, 0.2) is 0 Å². The zero-order chi connectivity index (χ0) is 16.3. The molecule has 0 unspecified atom stereocenters. The molecule has 1 aliphatic rings. The topological polar surface area (TPSA) is 52.7 Å². The number of hydrogen-bond acceptors (Lipinski definition) is 4. The van der Waals surface area contributed by atoms with Gasteiger partial charge in [-0.05, 0) is 18.9 Å². The molecule has 0 bridgehead atoms. The largest absolute Gasteiger partial charge is 0.350 e. The smallest absolute Gasteiger partial charge is 0.271 e. The molecule has 6 heteroatoms. The fourth-order valence-corrected chi connectivity index (χ4v) is 5.03. The Hall–Kier alpha value is -2.21. The van der Waals surface area contributed by atoms with E-state index >= 15 is 0 Å². The molecule has 1 saturated carbocycles. The molecule has 5 nitrogen and oxygen atoms in total. The van der Waals surface area contributed by atoms with E-state index in [4.69, 9.17) is 4.98 Å². The van der Waals surface area contributed by atoms with E-state index in [1.165, 1.54) is 30.6 Å². The molecule has 122 valence electrons. The van der Waals surface area contributed by atoms with E-state index in [-0.39, 0.29) is 5.56 Å². The van der Waals surface area contributed by atoms with Gasteiger partial charge in [-0.2, -0.15) is 0 Å². The molecule has 0 spiro atoms. The summed E-state index contributed by atoms with van der Waals surface area (Å²) >= 11 is 1.47. The lowest BCUT2D eigenvalue weighted by molar-refractivity contribution is 0.345. The highest BCUT2D eigenvalue weighted by atomic mass is 32.1. The van der Waals surface area contributed by atoms with Crippen LogP contribution in [0.4, 0.5) is 0 Å². The van der Waals surface area contributed by atoms with Gasteiger partial charge in [-0.25, -0.2) is 9.97 Å². The minimum Gasteiger partial charge on any atom is -0.350 e. The van der Waals surface area contributed by atoms with Gasteiger partial charge in [-0.3, -0.25) is 9.36 Å². The lowest BCUT2D eigenvalue weighted by atomic mass is 9.95. The molecule has 0 N–H and O–H groups in total. The number of pyridine rings is 1. The zero-order valence-corrected chi connectivity index (χ0v) is 14.3. The number of fused-ring (bicyclic) bond motifs is 5. The lowest BCUT2D eigenvalue weighted by Crippen LogP contribution is -2.26. The average Bonchev–Trinajstić information content (AvgIpc) is 3.17. The van der Waals surface area contributed by atoms with Crippen LogP contribution in [0.15, 0.2) is 29.6 Å². The van der Waals surface area contributed by atoms with Crippen molar-refractivity contribution in [2.24, 2.45) is 7.05 Å². The first-order chi connectivity index (χ1) is 11.7. The van der Waals surface area contributed by atoms with Gasteiger partial charge in [0.2, 0.25) is 0 Å². The third kappa shape index (κ3) is 1.89. The van der Waals surface area contributed by atoms with E-state index in [9.17, 15) is 4.79 Å². The van der Waals surface area contributed by atoms with Gasteiger partial charge >= 0.3 is 0 Å². The summed E-state index contributed by atoms with van der Waals surface area (Å²) < 4.78 is 4.68. The fourth-order valence-electron chi connectivity index (χ4n) is 3.99. The van der Waals surface area contributed by atoms with Gasteiger partial charge in [0.25, 0.3) is 5.56 Å². The van der Waals surface area contributed by atoms with E-state index in [2.05, 4.69) is 15.6 Å². The Labute approximate surface area is 142 Å². The van der Waals surface area contributed by atoms with Crippen molar-refractivity contribution in [2.45, 2.75) is 38.1 Å². The molecule has 1 aliphatic carbocycles. The van der Waals surface area contributed by atoms with E-state index in [1.807, 2.05) is 24.0 Å². The molecule has 0 aromatic carbocycles. The van der Waals surface area contributed by atoms with Crippen LogP contribution in [0.5, 0.6) is 0 Å². The highest BCUT2D eigenvalue weighted by Gasteiger charge is 2.21. The summed E-state index contributed by atoms with van der Waals surface area (Å²) in [6.45, 7) is 0. The molecule has 4 aromatic heterocycles. The molecule has 1 fully saturated rings. The molecule has 0 saturated heterocycles. The summed E-state index contributed by atoms with van der Waals surface area (Å²) in [7, 11) is 2.02. The lowest BCUT2D eigenvalue weighted by Gasteiger charge is -2.23. The molecule has 0 aliphatic heterocycles. The van der Waals surface area contributed by atoms with Crippen molar-refractivity contribution in [3.05, 3.63) is 35.1 Å².